The molecule has 2 rings (SSSR count). The number of anilines is 1. The Hall–Kier alpha value is -2.30. The van der Waals surface area contributed by atoms with Crippen LogP contribution in [0.25, 0.3) is 0 Å². The Bertz CT molecular complexity index is 566. The fourth-order valence-electron chi connectivity index (χ4n) is 1.77. The van der Waals surface area contributed by atoms with Gasteiger partial charge in [0.05, 0.1) is 17.5 Å². The van der Waals surface area contributed by atoms with E-state index in [1.165, 1.54) is 0 Å². The molecule has 1 aromatic heterocycles. The van der Waals surface area contributed by atoms with Gasteiger partial charge in [-0.15, -0.1) is 0 Å². The van der Waals surface area contributed by atoms with Crippen molar-refractivity contribution in [3.05, 3.63) is 46.8 Å². The summed E-state index contributed by atoms with van der Waals surface area (Å²) >= 11 is 0. The van der Waals surface area contributed by atoms with Crippen molar-refractivity contribution in [2.45, 2.75) is 20.5 Å². The molecule has 0 saturated carbocycles. The number of aromatic nitrogens is 1. The van der Waals surface area contributed by atoms with Gasteiger partial charge >= 0.3 is 0 Å². The van der Waals surface area contributed by atoms with Crippen molar-refractivity contribution in [2.75, 3.05) is 19.0 Å². The number of nitrogens with zero attached hydrogens (tertiary/aromatic N) is 3. The molecule has 0 aliphatic heterocycles. The summed E-state index contributed by atoms with van der Waals surface area (Å²) in [5.41, 5.74) is 3.94. The van der Waals surface area contributed by atoms with Crippen molar-refractivity contribution in [2.24, 2.45) is 5.16 Å². The van der Waals surface area contributed by atoms with Gasteiger partial charge in [0.2, 0.25) is 0 Å². The SMILES string of the molecule is Cc1noc(C)c1CO/N=C/c1ccc(N(C)C)cc1. The summed E-state index contributed by atoms with van der Waals surface area (Å²) in [5.74, 6) is 0.771. The summed E-state index contributed by atoms with van der Waals surface area (Å²) in [6.07, 6.45) is 1.69. The van der Waals surface area contributed by atoms with Crippen LogP contribution in [0.1, 0.15) is 22.6 Å². The van der Waals surface area contributed by atoms with Crippen LogP contribution in [-0.2, 0) is 11.4 Å². The first-order valence-corrected chi connectivity index (χ1v) is 6.42. The van der Waals surface area contributed by atoms with Crippen LogP contribution in [0.3, 0.4) is 0 Å². The lowest BCUT2D eigenvalue weighted by atomic mass is 10.2. The van der Waals surface area contributed by atoms with Gasteiger partial charge in [-0.05, 0) is 31.5 Å². The highest BCUT2D eigenvalue weighted by Gasteiger charge is 2.08. The van der Waals surface area contributed by atoms with E-state index in [1.54, 1.807) is 6.21 Å². The third kappa shape index (κ3) is 3.38. The van der Waals surface area contributed by atoms with E-state index in [-0.39, 0.29) is 0 Å². The first-order valence-electron chi connectivity index (χ1n) is 6.42. The lowest BCUT2D eigenvalue weighted by Gasteiger charge is -2.11. The van der Waals surface area contributed by atoms with E-state index in [0.29, 0.717) is 6.61 Å². The van der Waals surface area contributed by atoms with E-state index in [0.717, 1.165) is 28.3 Å². The average molecular weight is 273 g/mol. The molecule has 2 aromatic rings. The van der Waals surface area contributed by atoms with E-state index >= 15 is 0 Å². The second-order valence-electron chi connectivity index (χ2n) is 4.80. The van der Waals surface area contributed by atoms with Gasteiger partial charge in [-0.2, -0.15) is 0 Å². The zero-order valence-electron chi connectivity index (χ0n) is 12.3. The smallest absolute Gasteiger partial charge is 0.147 e. The van der Waals surface area contributed by atoms with Gasteiger partial charge in [-0.3, -0.25) is 0 Å². The van der Waals surface area contributed by atoms with Crippen molar-refractivity contribution < 1.29 is 9.36 Å². The molecule has 0 spiro atoms. The van der Waals surface area contributed by atoms with Crippen LogP contribution in [0.4, 0.5) is 5.69 Å². The van der Waals surface area contributed by atoms with Crippen molar-refractivity contribution in [1.82, 2.24) is 5.16 Å². The number of hydrogen-bond acceptors (Lipinski definition) is 5. The van der Waals surface area contributed by atoms with Gasteiger partial charge in [-0.1, -0.05) is 22.4 Å². The predicted octanol–water partition coefficient (Wildman–Crippen LogP) is 2.91. The van der Waals surface area contributed by atoms with Crippen LogP contribution in [-0.4, -0.2) is 25.5 Å². The van der Waals surface area contributed by atoms with Gasteiger partial charge < -0.3 is 14.3 Å². The standard InChI is InChI=1S/C15H19N3O2/c1-11-15(12(2)20-17-11)10-19-16-9-13-5-7-14(8-6-13)18(3)4/h5-9H,10H2,1-4H3/b16-9+. The minimum Gasteiger partial charge on any atom is -0.391 e. The number of benzene rings is 1. The summed E-state index contributed by atoms with van der Waals surface area (Å²) < 4.78 is 5.06. The maximum absolute atomic E-state index is 5.28. The minimum atomic E-state index is 0.369. The quantitative estimate of drug-likeness (QED) is 0.621. The maximum atomic E-state index is 5.28. The second kappa shape index (κ2) is 6.23. The number of rotatable bonds is 5. The van der Waals surface area contributed by atoms with Crippen LogP contribution in [0.15, 0.2) is 33.9 Å². The molecule has 0 saturated heterocycles. The highest BCUT2D eigenvalue weighted by molar-refractivity contribution is 5.79. The maximum Gasteiger partial charge on any atom is 0.147 e. The van der Waals surface area contributed by atoms with E-state index in [4.69, 9.17) is 9.36 Å². The molecule has 0 N–H and O–H groups in total. The van der Waals surface area contributed by atoms with E-state index in [1.807, 2.05) is 52.2 Å². The first-order chi connectivity index (χ1) is 9.58. The molecule has 0 unspecified atom stereocenters. The van der Waals surface area contributed by atoms with Crippen molar-refractivity contribution in [3.63, 3.8) is 0 Å². The highest BCUT2D eigenvalue weighted by atomic mass is 16.6. The van der Waals surface area contributed by atoms with Crippen LogP contribution in [0.5, 0.6) is 0 Å². The van der Waals surface area contributed by atoms with Crippen LogP contribution in [0, 0.1) is 13.8 Å². The zero-order chi connectivity index (χ0) is 14.5. The second-order valence-corrected chi connectivity index (χ2v) is 4.80. The molecule has 0 aliphatic carbocycles. The first kappa shape index (κ1) is 14.1. The Kier molecular flexibility index (Phi) is 4.40. The van der Waals surface area contributed by atoms with Crippen LogP contribution < -0.4 is 4.90 Å². The molecule has 0 bridgehead atoms. The fraction of sp³-hybridized carbons (Fsp3) is 0.333. The number of hydrogen-bond donors (Lipinski definition) is 0. The van der Waals surface area contributed by atoms with Crippen LogP contribution in [0.2, 0.25) is 0 Å². The Morgan fingerprint density at radius 1 is 1.25 bits per heavy atom. The molecule has 1 heterocycles. The Morgan fingerprint density at radius 3 is 2.50 bits per heavy atom. The van der Waals surface area contributed by atoms with Crippen LogP contribution >= 0.6 is 0 Å². The van der Waals surface area contributed by atoms with E-state index < -0.39 is 0 Å². The Labute approximate surface area is 118 Å². The van der Waals surface area contributed by atoms with Gasteiger partial charge in [0.15, 0.2) is 0 Å². The predicted molar refractivity (Wildman–Crippen MR) is 79.1 cm³/mol. The van der Waals surface area contributed by atoms with E-state index in [9.17, 15) is 0 Å². The minimum absolute atomic E-state index is 0.369. The lowest BCUT2D eigenvalue weighted by molar-refractivity contribution is 0.130. The van der Waals surface area contributed by atoms with E-state index in [2.05, 4.69) is 15.2 Å². The van der Waals surface area contributed by atoms with Gasteiger partial charge in [0.1, 0.15) is 12.4 Å². The normalized spacial score (nSPS) is 11.0. The van der Waals surface area contributed by atoms with Gasteiger partial charge in [0.25, 0.3) is 0 Å². The third-order valence-electron chi connectivity index (χ3n) is 3.08. The molecule has 20 heavy (non-hydrogen) atoms. The summed E-state index contributed by atoms with van der Waals surface area (Å²) in [4.78, 5) is 7.33. The molecule has 0 amide bonds. The molecule has 5 nitrogen and oxygen atoms in total. The largest absolute Gasteiger partial charge is 0.391 e. The van der Waals surface area contributed by atoms with Gasteiger partial charge in [-0.25, -0.2) is 0 Å². The summed E-state index contributed by atoms with van der Waals surface area (Å²) in [6, 6.07) is 8.07. The fourth-order valence-corrected chi connectivity index (χ4v) is 1.77. The summed E-state index contributed by atoms with van der Waals surface area (Å²) in [6.45, 7) is 4.12. The topological polar surface area (TPSA) is 50.9 Å². The molecule has 5 heteroatoms. The Balaban J connectivity index is 1.90. The molecule has 0 atom stereocenters. The van der Waals surface area contributed by atoms with Crippen molar-refractivity contribution in [1.29, 1.82) is 0 Å². The number of aryl methyl sites for hydroxylation is 2. The highest BCUT2D eigenvalue weighted by Crippen LogP contribution is 2.14. The lowest BCUT2D eigenvalue weighted by Crippen LogP contribution is -2.08. The van der Waals surface area contributed by atoms with Crippen molar-refractivity contribution >= 4 is 11.9 Å². The molecular weight excluding hydrogens is 254 g/mol. The molecule has 106 valence electrons. The molecule has 0 aliphatic rings. The number of oxime groups is 1. The average Bonchev–Trinajstić information content (AvgIpc) is 2.75. The summed E-state index contributed by atoms with van der Waals surface area (Å²) in [5, 5.41) is 7.83. The zero-order valence-corrected chi connectivity index (χ0v) is 12.3. The third-order valence-corrected chi connectivity index (χ3v) is 3.08. The monoisotopic (exact) mass is 273 g/mol. The van der Waals surface area contributed by atoms with Gasteiger partial charge in [0, 0.05) is 19.8 Å². The molecule has 0 fully saturated rings. The Morgan fingerprint density at radius 2 is 1.95 bits per heavy atom. The molecular formula is C15H19N3O2. The van der Waals surface area contributed by atoms with Crippen molar-refractivity contribution in [3.8, 4) is 0 Å². The molecule has 1 aromatic carbocycles. The summed E-state index contributed by atoms with van der Waals surface area (Å²) in [7, 11) is 4.02. The molecule has 0 radical (unpaired) electrons.